The lowest BCUT2D eigenvalue weighted by Gasteiger charge is -2.11. The van der Waals surface area contributed by atoms with E-state index in [4.69, 9.17) is 11.6 Å². The second-order valence-electron chi connectivity index (χ2n) is 4.47. The summed E-state index contributed by atoms with van der Waals surface area (Å²) in [5.74, 6) is 0.562. The van der Waals surface area contributed by atoms with Gasteiger partial charge in [-0.3, -0.25) is 4.99 Å². The fourth-order valence-electron chi connectivity index (χ4n) is 2.08. The van der Waals surface area contributed by atoms with Gasteiger partial charge >= 0.3 is 0 Å². The second kappa shape index (κ2) is 7.83. The smallest absolute Gasteiger partial charge is 0.191 e. The fraction of sp³-hybridized carbons (Fsp3) is 0.357. The van der Waals surface area contributed by atoms with Gasteiger partial charge in [0.25, 0.3) is 0 Å². The molecular formula is C14H18ClFIN3. The number of guanidine groups is 1. The predicted octanol–water partition coefficient (Wildman–Crippen LogP) is 3.30. The molecule has 3 nitrogen and oxygen atoms in total. The third kappa shape index (κ3) is 4.09. The number of nitrogens with one attached hydrogen (secondary N) is 2. The van der Waals surface area contributed by atoms with Crippen LogP contribution in [0.25, 0.3) is 0 Å². The molecule has 1 aromatic carbocycles. The third-order valence-electron chi connectivity index (χ3n) is 3.12. The minimum Gasteiger partial charge on any atom is -0.353 e. The molecule has 6 heteroatoms. The molecule has 0 heterocycles. The molecule has 0 bridgehead atoms. The van der Waals surface area contributed by atoms with Crippen molar-refractivity contribution in [2.45, 2.75) is 18.4 Å². The maximum Gasteiger partial charge on any atom is 0.191 e. The topological polar surface area (TPSA) is 36.4 Å². The van der Waals surface area contributed by atoms with Crippen LogP contribution in [0.15, 0.2) is 35.8 Å². The molecule has 110 valence electrons. The summed E-state index contributed by atoms with van der Waals surface area (Å²) in [4.78, 5) is 4.10. The van der Waals surface area contributed by atoms with Crippen LogP contribution in [-0.4, -0.2) is 25.6 Å². The minimum atomic E-state index is -0.240. The van der Waals surface area contributed by atoms with Crippen LogP contribution in [0.5, 0.6) is 0 Å². The lowest BCUT2D eigenvalue weighted by molar-refractivity contribution is 0.608. The Kier molecular flexibility index (Phi) is 6.75. The first-order valence-electron chi connectivity index (χ1n) is 6.19. The summed E-state index contributed by atoms with van der Waals surface area (Å²) >= 11 is 6.06. The van der Waals surface area contributed by atoms with E-state index in [-0.39, 0.29) is 41.8 Å². The average Bonchev–Trinajstić information content (AvgIpc) is 3.13. The number of rotatable bonds is 4. The number of benzene rings is 1. The van der Waals surface area contributed by atoms with Gasteiger partial charge in [-0.1, -0.05) is 23.7 Å². The minimum absolute atomic E-state index is 0. The molecule has 2 unspecified atom stereocenters. The summed E-state index contributed by atoms with van der Waals surface area (Å²) in [6.45, 7) is 4.27. The van der Waals surface area contributed by atoms with Crippen molar-refractivity contribution in [1.29, 1.82) is 0 Å². The average molecular weight is 410 g/mol. The van der Waals surface area contributed by atoms with Gasteiger partial charge in [0.1, 0.15) is 5.82 Å². The quantitative estimate of drug-likeness (QED) is 0.346. The summed E-state index contributed by atoms with van der Waals surface area (Å²) in [5, 5.41) is 6.82. The Labute approximate surface area is 140 Å². The maximum atomic E-state index is 13.8. The SMILES string of the molecule is C=CCNC(=NC)NC1CC1c1c(F)cccc1Cl.I. The van der Waals surface area contributed by atoms with Crippen molar-refractivity contribution >= 4 is 41.5 Å². The number of halogens is 3. The van der Waals surface area contributed by atoms with Crippen LogP contribution in [0.4, 0.5) is 4.39 Å². The first kappa shape index (κ1) is 17.2. The Morgan fingerprint density at radius 3 is 2.95 bits per heavy atom. The Bertz CT molecular complexity index is 487. The predicted molar refractivity (Wildman–Crippen MR) is 92.7 cm³/mol. The highest BCUT2D eigenvalue weighted by atomic mass is 127. The normalized spacial score (nSPS) is 20.9. The van der Waals surface area contributed by atoms with Crippen molar-refractivity contribution in [3.8, 4) is 0 Å². The highest BCUT2D eigenvalue weighted by Gasteiger charge is 2.41. The molecule has 1 aliphatic rings. The van der Waals surface area contributed by atoms with Gasteiger partial charge in [-0.05, 0) is 18.6 Å². The molecule has 2 atom stereocenters. The number of hydrogen-bond donors (Lipinski definition) is 2. The van der Waals surface area contributed by atoms with Crippen LogP contribution < -0.4 is 10.6 Å². The third-order valence-corrected chi connectivity index (χ3v) is 3.45. The van der Waals surface area contributed by atoms with Crippen molar-refractivity contribution in [2.24, 2.45) is 4.99 Å². The summed E-state index contributed by atoms with van der Waals surface area (Å²) < 4.78 is 13.8. The van der Waals surface area contributed by atoms with Gasteiger partial charge in [-0.2, -0.15) is 0 Å². The van der Waals surface area contributed by atoms with Crippen molar-refractivity contribution in [3.05, 3.63) is 47.3 Å². The van der Waals surface area contributed by atoms with Crippen molar-refractivity contribution in [2.75, 3.05) is 13.6 Å². The van der Waals surface area contributed by atoms with Crippen LogP contribution in [-0.2, 0) is 0 Å². The van der Waals surface area contributed by atoms with Crippen LogP contribution >= 0.6 is 35.6 Å². The molecule has 0 amide bonds. The van der Waals surface area contributed by atoms with Gasteiger partial charge < -0.3 is 10.6 Å². The van der Waals surface area contributed by atoms with Crippen LogP contribution in [0.3, 0.4) is 0 Å². The summed E-state index contributed by atoms with van der Waals surface area (Å²) in [6.07, 6.45) is 2.61. The summed E-state index contributed by atoms with van der Waals surface area (Å²) in [7, 11) is 1.70. The van der Waals surface area contributed by atoms with E-state index in [0.29, 0.717) is 23.1 Å². The van der Waals surface area contributed by atoms with Crippen molar-refractivity contribution < 1.29 is 4.39 Å². The van der Waals surface area contributed by atoms with Gasteiger partial charge in [0, 0.05) is 36.1 Å². The first-order valence-corrected chi connectivity index (χ1v) is 6.57. The van der Waals surface area contributed by atoms with E-state index < -0.39 is 0 Å². The molecule has 2 rings (SSSR count). The van der Waals surface area contributed by atoms with E-state index in [1.165, 1.54) is 6.07 Å². The summed E-state index contributed by atoms with van der Waals surface area (Å²) in [6, 6.07) is 4.96. The number of nitrogens with zero attached hydrogens (tertiary/aromatic N) is 1. The van der Waals surface area contributed by atoms with E-state index >= 15 is 0 Å². The van der Waals surface area contributed by atoms with Gasteiger partial charge in [0.2, 0.25) is 0 Å². The Morgan fingerprint density at radius 1 is 1.60 bits per heavy atom. The Balaban J connectivity index is 0.00000200. The van der Waals surface area contributed by atoms with Gasteiger partial charge in [0.15, 0.2) is 5.96 Å². The van der Waals surface area contributed by atoms with Gasteiger partial charge in [-0.15, -0.1) is 30.6 Å². The second-order valence-corrected chi connectivity index (χ2v) is 4.88. The zero-order chi connectivity index (χ0) is 13.8. The first-order chi connectivity index (χ1) is 9.17. The molecule has 2 N–H and O–H groups in total. The largest absolute Gasteiger partial charge is 0.353 e. The van der Waals surface area contributed by atoms with Gasteiger partial charge in [-0.25, -0.2) is 4.39 Å². The van der Waals surface area contributed by atoms with Crippen LogP contribution in [0.2, 0.25) is 5.02 Å². The molecule has 0 spiro atoms. The summed E-state index contributed by atoms with van der Waals surface area (Å²) in [5.41, 5.74) is 0.598. The Morgan fingerprint density at radius 2 is 2.35 bits per heavy atom. The zero-order valence-corrected chi connectivity index (χ0v) is 14.3. The van der Waals surface area contributed by atoms with Crippen LogP contribution in [0.1, 0.15) is 17.9 Å². The standard InChI is InChI=1S/C14H17ClFN3.HI/c1-3-7-18-14(17-2)19-12-8-9(12)13-10(15)5-4-6-11(13)16;/h3-6,9,12H,1,7-8H2,2H3,(H2,17,18,19);1H. The monoisotopic (exact) mass is 409 g/mol. The van der Waals surface area contributed by atoms with E-state index in [2.05, 4.69) is 22.2 Å². The fourth-order valence-corrected chi connectivity index (χ4v) is 2.38. The van der Waals surface area contributed by atoms with E-state index in [1.807, 2.05) is 0 Å². The zero-order valence-electron chi connectivity index (χ0n) is 11.2. The maximum absolute atomic E-state index is 13.8. The van der Waals surface area contributed by atoms with Crippen molar-refractivity contribution in [1.82, 2.24) is 10.6 Å². The molecule has 1 aromatic rings. The molecule has 1 fully saturated rings. The highest BCUT2D eigenvalue weighted by molar-refractivity contribution is 14.0. The van der Waals surface area contributed by atoms with E-state index in [0.717, 1.165) is 6.42 Å². The molecular weight excluding hydrogens is 392 g/mol. The van der Waals surface area contributed by atoms with E-state index in [1.54, 1.807) is 25.3 Å². The molecule has 0 aromatic heterocycles. The number of hydrogen-bond acceptors (Lipinski definition) is 1. The van der Waals surface area contributed by atoms with Crippen molar-refractivity contribution in [3.63, 3.8) is 0 Å². The van der Waals surface area contributed by atoms with Gasteiger partial charge in [0.05, 0.1) is 0 Å². The molecule has 0 radical (unpaired) electrons. The van der Waals surface area contributed by atoms with E-state index in [9.17, 15) is 4.39 Å². The number of aliphatic imine (C=N–C) groups is 1. The molecule has 0 aliphatic heterocycles. The lowest BCUT2D eigenvalue weighted by atomic mass is 10.1. The molecule has 1 aliphatic carbocycles. The highest BCUT2D eigenvalue weighted by Crippen LogP contribution is 2.44. The van der Waals surface area contributed by atoms with Crippen LogP contribution in [0, 0.1) is 5.82 Å². The Hall–Kier alpha value is -0.820. The lowest BCUT2D eigenvalue weighted by Crippen LogP contribution is -2.39. The molecule has 20 heavy (non-hydrogen) atoms. The molecule has 0 saturated heterocycles. The molecule has 1 saturated carbocycles.